The molecule has 174 valence electrons. The summed E-state index contributed by atoms with van der Waals surface area (Å²) in [6.45, 7) is 0.402. The number of para-hydroxylation sites is 1. The molecule has 0 atom stereocenters. The predicted molar refractivity (Wildman–Crippen MR) is 136 cm³/mol. The fraction of sp³-hybridized carbons (Fsp3) is 0.0714. The summed E-state index contributed by atoms with van der Waals surface area (Å²) >= 11 is 1.31. The number of carbonyl (C=O) groups excluding carboxylic acids is 1. The predicted octanol–water partition coefficient (Wildman–Crippen LogP) is 6.80. The molecule has 1 saturated heterocycles. The first-order valence-corrected chi connectivity index (χ1v) is 11.8. The van der Waals surface area contributed by atoms with E-state index in [-0.39, 0.29) is 24.9 Å². The number of amidine groups is 1. The van der Waals surface area contributed by atoms with Crippen molar-refractivity contribution in [2.75, 3.05) is 0 Å². The van der Waals surface area contributed by atoms with E-state index in [4.69, 9.17) is 14.1 Å². The van der Waals surface area contributed by atoms with E-state index in [1.165, 1.54) is 17.8 Å². The number of aliphatic imine (C=N–C) groups is 1. The van der Waals surface area contributed by atoms with Crippen LogP contribution in [-0.2, 0) is 17.9 Å². The highest BCUT2D eigenvalue weighted by atomic mass is 32.2. The van der Waals surface area contributed by atoms with Crippen LogP contribution < -0.4 is 4.74 Å². The summed E-state index contributed by atoms with van der Waals surface area (Å²) in [6.07, 6.45) is 3.40. The molecule has 7 heteroatoms. The summed E-state index contributed by atoms with van der Waals surface area (Å²) in [4.78, 5) is 20.2. The van der Waals surface area contributed by atoms with E-state index in [1.54, 1.807) is 41.5 Å². The van der Waals surface area contributed by atoms with Gasteiger partial charge in [0.2, 0.25) is 0 Å². The van der Waals surface area contributed by atoms with Gasteiger partial charge in [0.1, 0.15) is 23.9 Å². The van der Waals surface area contributed by atoms with Crippen LogP contribution in [0.2, 0.25) is 0 Å². The number of hydrogen-bond acceptors (Lipinski definition) is 5. The summed E-state index contributed by atoms with van der Waals surface area (Å²) < 4.78 is 25.1. The molecule has 0 bridgehead atoms. The number of rotatable bonds is 7. The van der Waals surface area contributed by atoms with Crippen molar-refractivity contribution in [2.45, 2.75) is 13.2 Å². The van der Waals surface area contributed by atoms with Gasteiger partial charge in [-0.05, 0) is 65.9 Å². The molecule has 2 heterocycles. The molecule has 0 radical (unpaired) electrons. The van der Waals surface area contributed by atoms with Crippen LogP contribution in [0.1, 0.15) is 16.9 Å². The van der Waals surface area contributed by atoms with Crippen molar-refractivity contribution in [1.82, 2.24) is 4.90 Å². The number of furan rings is 1. The van der Waals surface area contributed by atoms with E-state index in [9.17, 15) is 9.18 Å². The molecule has 0 unspecified atom stereocenters. The zero-order chi connectivity index (χ0) is 24.0. The monoisotopic (exact) mass is 484 g/mol. The average molecular weight is 485 g/mol. The Morgan fingerprint density at radius 3 is 2.60 bits per heavy atom. The highest BCUT2D eigenvalue weighted by molar-refractivity contribution is 8.18. The maximum absolute atomic E-state index is 13.9. The highest BCUT2D eigenvalue weighted by Crippen LogP contribution is 2.35. The third-order valence-electron chi connectivity index (χ3n) is 5.27. The lowest BCUT2D eigenvalue weighted by molar-refractivity contribution is -0.122. The number of halogens is 1. The van der Waals surface area contributed by atoms with Crippen molar-refractivity contribution >= 4 is 34.6 Å². The molecular formula is C28H21FN2O3S. The SMILES string of the molecule is O=C1/C(=C\c2cccc(OCc3ccccc3F)c2)SC(=Nc2ccccc2)N1Cc1ccco1. The number of amides is 1. The molecule has 1 aliphatic rings. The van der Waals surface area contributed by atoms with Gasteiger partial charge in [-0.25, -0.2) is 9.38 Å². The topological polar surface area (TPSA) is 55.0 Å². The first kappa shape index (κ1) is 22.7. The number of thioether (sulfide) groups is 1. The molecule has 0 spiro atoms. The van der Waals surface area contributed by atoms with Gasteiger partial charge in [0.25, 0.3) is 5.91 Å². The molecule has 1 aliphatic heterocycles. The van der Waals surface area contributed by atoms with Gasteiger partial charge in [0.05, 0.1) is 23.4 Å². The Labute approximate surface area is 206 Å². The molecule has 3 aromatic carbocycles. The van der Waals surface area contributed by atoms with Crippen molar-refractivity contribution in [3.63, 3.8) is 0 Å². The lowest BCUT2D eigenvalue weighted by Crippen LogP contribution is -2.28. The zero-order valence-electron chi connectivity index (χ0n) is 18.6. The Balaban J connectivity index is 1.39. The Bertz CT molecular complexity index is 1380. The van der Waals surface area contributed by atoms with Crippen molar-refractivity contribution in [3.05, 3.63) is 125 Å². The molecule has 1 amide bonds. The molecule has 0 aliphatic carbocycles. The molecule has 0 saturated carbocycles. The second kappa shape index (κ2) is 10.4. The average Bonchev–Trinajstić information content (AvgIpc) is 3.49. The molecule has 5 rings (SSSR count). The fourth-order valence-electron chi connectivity index (χ4n) is 3.52. The summed E-state index contributed by atoms with van der Waals surface area (Å²) in [7, 11) is 0. The van der Waals surface area contributed by atoms with Crippen molar-refractivity contribution in [3.8, 4) is 5.75 Å². The Kier molecular flexibility index (Phi) is 6.77. The summed E-state index contributed by atoms with van der Waals surface area (Å²) in [6, 6.07) is 27.0. The lowest BCUT2D eigenvalue weighted by atomic mass is 10.2. The Hall–Kier alpha value is -4.10. The van der Waals surface area contributed by atoms with E-state index in [0.29, 0.717) is 27.1 Å². The van der Waals surface area contributed by atoms with Gasteiger partial charge in [-0.15, -0.1) is 0 Å². The summed E-state index contributed by atoms with van der Waals surface area (Å²) in [5, 5.41) is 0.579. The van der Waals surface area contributed by atoms with Crippen LogP contribution in [0.4, 0.5) is 10.1 Å². The largest absolute Gasteiger partial charge is 0.489 e. The Morgan fingerprint density at radius 1 is 0.971 bits per heavy atom. The van der Waals surface area contributed by atoms with Gasteiger partial charge in [-0.3, -0.25) is 9.69 Å². The summed E-state index contributed by atoms with van der Waals surface area (Å²) in [5.41, 5.74) is 2.04. The van der Waals surface area contributed by atoms with Crippen LogP contribution in [-0.4, -0.2) is 16.0 Å². The number of hydrogen-bond donors (Lipinski definition) is 0. The van der Waals surface area contributed by atoms with Gasteiger partial charge < -0.3 is 9.15 Å². The third-order valence-corrected chi connectivity index (χ3v) is 6.28. The van der Waals surface area contributed by atoms with E-state index < -0.39 is 0 Å². The van der Waals surface area contributed by atoms with Gasteiger partial charge in [0.15, 0.2) is 5.17 Å². The second-order valence-corrected chi connectivity index (χ2v) is 8.77. The molecule has 1 fully saturated rings. The smallest absolute Gasteiger partial charge is 0.267 e. The standard InChI is InChI=1S/C28H21FN2O3S/c29-25-14-5-4-9-21(25)19-34-23-12-6-8-20(16-23)17-26-27(32)31(18-24-13-7-15-33-24)28(35-26)30-22-10-2-1-3-11-22/h1-17H,18-19H2/b26-17+,30-28?. The maximum atomic E-state index is 13.9. The molecular weight excluding hydrogens is 463 g/mol. The van der Waals surface area contributed by atoms with E-state index >= 15 is 0 Å². The highest BCUT2D eigenvalue weighted by Gasteiger charge is 2.34. The molecule has 1 aromatic heterocycles. The lowest BCUT2D eigenvalue weighted by Gasteiger charge is -2.13. The first-order chi connectivity index (χ1) is 17.2. The van der Waals surface area contributed by atoms with Crippen LogP contribution in [0, 0.1) is 5.82 Å². The Morgan fingerprint density at radius 2 is 1.80 bits per heavy atom. The zero-order valence-corrected chi connectivity index (χ0v) is 19.5. The van der Waals surface area contributed by atoms with Gasteiger partial charge in [-0.1, -0.05) is 48.5 Å². The van der Waals surface area contributed by atoms with Gasteiger partial charge >= 0.3 is 0 Å². The van der Waals surface area contributed by atoms with Crippen LogP contribution >= 0.6 is 11.8 Å². The number of carbonyl (C=O) groups is 1. The minimum atomic E-state index is -0.305. The molecule has 5 nitrogen and oxygen atoms in total. The van der Waals surface area contributed by atoms with Crippen LogP contribution in [0.3, 0.4) is 0 Å². The van der Waals surface area contributed by atoms with Crippen molar-refractivity contribution in [1.29, 1.82) is 0 Å². The van der Waals surface area contributed by atoms with Crippen LogP contribution in [0.15, 0.2) is 112 Å². The molecule has 35 heavy (non-hydrogen) atoms. The quantitative estimate of drug-likeness (QED) is 0.271. The molecule has 4 aromatic rings. The van der Waals surface area contributed by atoms with Gasteiger partial charge in [0, 0.05) is 5.56 Å². The van der Waals surface area contributed by atoms with Gasteiger partial charge in [-0.2, -0.15) is 0 Å². The molecule has 0 N–H and O–H groups in total. The van der Waals surface area contributed by atoms with E-state index in [0.717, 1.165) is 11.3 Å². The fourth-order valence-corrected chi connectivity index (χ4v) is 4.52. The summed E-state index contributed by atoms with van der Waals surface area (Å²) in [5.74, 6) is 0.799. The maximum Gasteiger partial charge on any atom is 0.267 e. The van der Waals surface area contributed by atoms with Crippen molar-refractivity contribution < 1.29 is 18.3 Å². The number of nitrogens with zero attached hydrogens (tertiary/aromatic N) is 2. The van der Waals surface area contributed by atoms with Crippen molar-refractivity contribution in [2.24, 2.45) is 4.99 Å². The third kappa shape index (κ3) is 5.53. The minimum Gasteiger partial charge on any atom is -0.489 e. The minimum absolute atomic E-state index is 0.116. The first-order valence-electron chi connectivity index (χ1n) is 11.0. The van der Waals surface area contributed by atoms with E-state index in [1.807, 2.05) is 60.7 Å². The number of benzene rings is 3. The normalized spacial score (nSPS) is 15.8. The number of ether oxygens (including phenoxy) is 1. The van der Waals surface area contributed by atoms with Crippen LogP contribution in [0.25, 0.3) is 6.08 Å². The van der Waals surface area contributed by atoms with Crippen LogP contribution in [0.5, 0.6) is 5.75 Å². The second-order valence-electron chi connectivity index (χ2n) is 7.76. The van der Waals surface area contributed by atoms with E-state index in [2.05, 4.69) is 0 Å².